The first-order valence-corrected chi connectivity index (χ1v) is 8.65. The number of benzene rings is 1. The number of allylic oxidation sites excluding steroid dienone is 3. The Morgan fingerprint density at radius 2 is 0.615 bits per heavy atom. The molecule has 0 aliphatic heterocycles. The van der Waals surface area contributed by atoms with Crippen molar-refractivity contribution >= 4 is 17.9 Å². The monoisotopic (exact) mass is 600 g/mol. The van der Waals surface area contributed by atoms with Gasteiger partial charge in [0.25, 0.3) is 17.3 Å². The van der Waals surface area contributed by atoms with E-state index in [1.165, 1.54) is 0 Å². The van der Waals surface area contributed by atoms with Gasteiger partial charge < -0.3 is 14.2 Å². The van der Waals surface area contributed by atoms with Crippen molar-refractivity contribution in [2.75, 3.05) is 0 Å². The van der Waals surface area contributed by atoms with Crippen molar-refractivity contribution in [2.45, 2.75) is 18.5 Å². The highest BCUT2D eigenvalue weighted by atomic mass is 19.4. The Kier molecular flexibility index (Phi) is 9.83. The van der Waals surface area contributed by atoms with Crippen LogP contribution in [0.3, 0.4) is 0 Å². The molecule has 39 heavy (non-hydrogen) atoms. The number of halogens is 15. The summed E-state index contributed by atoms with van der Waals surface area (Å²) in [5.41, 5.74) is -5.18. The van der Waals surface area contributed by atoms with Crippen molar-refractivity contribution < 1.29 is 94.5 Å². The summed E-state index contributed by atoms with van der Waals surface area (Å²) in [6.07, 6.45) is -29.4. The molecule has 6 nitrogen and oxygen atoms in total. The van der Waals surface area contributed by atoms with E-state index in [0.29, 0.717) is 0 Å². The second-order valence-corrected chi connectivity index (χ2v) is 6.23. The van der Waals surface area contributed by atoms with Crippen LogP contribution < -0.4 is 0 Å². The van der Waals surface area contributed by atoms with Gasteiger partial charge in [-0.1, -0.05) is 0 Å². The first-order chi connectivity index (χ1) is 17.5. The van der Waals surface area contributed by atoms with Crippen molar-refractivity contribution in [3.8, 4) is 0 Å². The molecule has 0 aliphatic rings. The summed E-state index contributed by atoms with van der Waals surface area (Å²) in [5.74, 6) is -17.8. The van der Waals surface area contributed by atoms with E-state index in [1.54, 1.807) is 0 Å². The molecular weight excluding hydrogens is 597 g/mol. The third-order valence-corrected chi connectivity index (χ3v) is 3.51. The normalized spacial score (nSPS) is 11.8. The van der Waals surface area contributed by atoms with Crippen molar-refractivity contribution in [2.24, 2.45) is 0 Å². The van der Waals surface area contributed by atoms with Crippen molar-refractivity contribution in [3.63, 3.8) is 0 Å². The molecule has 0 amide bonds. The van der Waals surface area contributed by atoms with Crippen LogP contribution in [0.15, 0.2) is 53.7 Å². The predicted molar refractivity (Wildman–Crippen MR) is 88.6 cm³/mol. The SMILES string of the molecule is O=C(OC(=C(F)F)C(F)(F)F)c1cc(C(=O)OC(=C(F)F)C(F)(F)F)cc(C(=O)OC(=C(F)F)C(F)(F)F)c1. The largest absolute Gasteiger partial charge is 0.455 e. The summed E-state index contributed by atoms with van der Waals surface area (Å²) in [6, 6.07) is -0.607. The first-order valence-electron chi connectivity index (χ1n) is 8.65. The van der Waals surface area contributed by atoms with Gasteiger partial charge in [0.2, 0.25) is 0 Å². The molecule has 21 heteroatoms. The molecule has 1 aromatic carbocycles. The van der Waals surface area contributed by atoms with Gasteiger partial charge in [-0.25, -0.2) is 14.4 Å². The minimum Gasteiger partial charge on any atom is -0.412 e. The molecule has 0 spiro atoms. The molecule has 0 fully saturated rings. The van der Waals surface area contributed by atoms with Gasteiger partial charge in [-0.05, 0) is 18.2 Å². The zero-order valence-corrected chi connectivity index (χ0v) is 17.4. The van der Waals surface area contributed by atoms with E-state index >= 15 is 0 Å². The maximum absolute atomic E-state index is 12.6. The Morgan fingerprint density at radius 3 is 0.744 bits per heavy atom. The van der Waals surface area contributed by atoms with E-state index in [1.807, 2.05) is 0 Å². The summed E-state index contributed by atoms with van der Waals surface area (Å²) in [6.45, 7) is 0. The number of esters is 3. The van der Waals surface area contributed by atoms with Gasteiger partial charge in [0, 0.05) is 0 Å². The summed E-state index contributed by atoms with van der Waals surface area (Å²) in [4.78, 5) is 35.8. The zero-order chi connectivity index (χ0) is 30.7. The van der Waals surface area contributed by atoms with E-state index in [-0.39, 0.29) is 18.2 Å². The predicted octanol–water partition coefficient (Wildman–Crippen LogP) is 7.17. The van der Waals surface area contributed by atoms with E-state index < -0.39 is 88.6 Å². The fraction of sp³-hybridized carbons (Fsp3) is 0.167. The van der Waals surface area contributed by atoms with Crippen LogP contribution >= 0.6 is 0 Å². The van der Waals surface area contributed by atoms with Crippen molar-refractivity contribution in [3.05, 3.63) is 70.4 Å². The number of hydrogen-bond acceptors (Lipinski definition) is 6. The second-order valence-electron chi connectivity index (χ2n) is 6.23. The fourth-order valence-corrected chi connectivity index (χ4v) is 2.05. The molecule has 0 bridgehead atoms. The molecule has 0 N–H and O–H groups in total. The van der Waals surface area contributed by atoms with E-state index in [4.69, 9.17) is 0 Å². The Balaban J connectivity index is 3.72. The Labute approximate surface area is 202 Å². The molecule has 0 atom stereocenters. The molecule has 0 saturated carbocycles. The molecule has 0 unspecified atom stereocenters. The number of hydrogen-bond donors (Lipinski definition) is 0. The number of rotatable bonds is 6. The summed E-state index contributed by atoms with van der Waals surface area (Å²) < 4.78 is 198. The topological polar surface area (TPSA) is 78.9 Å². The number of carbonyl (C=O) groups excluding carboxylic acids is 3. The van der Waals surface area contributed by atoms with Crippen LogP contribution in [0.2, 0.25) is 0 Å². The molecule has 1 rings (SSSR count). The van der Waals surface area contributed by atoms with Crippen LogP contribution in [0.1, 0.15) is 31.1 Å². The van der Waals surface area contributed by atoms with Crippen LogP contribution in [0, 0.1) is 0 Å². The smallest absolute Gasteiger partial charge is 0.412 e. The van der Waals surface area contributed by atoms with Gasteiger partial charge in [0.15, 0.2) is 0 Å². The van der Waals surface area contributed by atoms with Crippen LogP contribution in [-0.2, 0) is 14.2 Å². The van der Waals surface area contributed by atoms with Crippen molar-refractivity contribution in [1.82, 2.24) is 0 Å². The standard InChI is InChI=1S/C18H3F15O6/c19-10(20)7(16(25,26)27)37-13(34)4-1-5(14(35)38-8(11(21)22)17(28,29)30)3-6(2-4)15(36)39-9(12(23)24)18(31,32)33/h1-3H. The Morgan fingerprint density at radius 1 is 0.436 bits per heavy atom. The lowest BCUT2D eigenvalue weighted by molar-refractivity contribution is -0.128. The molecule has 0 saturated heterocycles. The van der Waals surface area contributed by atoms with E-state index in [9.17, 15) is 80.2 Å². The summed E-state index contributed by atoms with van der Waals surface area (Å²) in [7, 11) is 0. The number of ether oxygens (including phenoxy) is 3. The van der Waals surface area contributed by atoms with Crippen LogP contribution in [0.25, 0.3) is 0 Å². The van der Waals surface area contributed by atoms with Gasteiger partial charge >= 0.3 is 54.7 Å². The summed E-state index contributed by atoms with van der Waals surface area (Å²) >= 11 is 0. The highest BCUT2D eigenvalue weighted by Crippen LogP contribution is 2.34. The molecule has 0 aliphatic carbocycles. The van der Waals surface area contributed by atoms with Gasteiger partial charge in [-0.2, -0.15) is 65.9 Å². The quantitative estimate of drug-likeness (QED) is 0.149. The van der Waals surface area contributed by atoms with E-state index in [2.05, 4.69) is 14.2 Å². The number of alkyl halides is 9. The number of carbonyl (C=O) groups is 3. The average Bonchev–Trinajstić information content (AvgIpc) is 2.75. The molecule has 0 radical (unpaired) electrons. The summed E-state index contributed by atoms with van der Waals surface area (Å²) in [5, 5.41) is 0. The van der Waals surface area contributed by atoms with E-state index in [0.717, 1.165) is 0 Å². The third-order valence-electron chi connectivity index (χ3n) is 3.51. The average molecular weight is 600 g/mol. The fourth-order valence-electron chi connectivity index (χ4n) is 2.05. The first kappa shape index (κ1) is 32.8. The van der Waals surface area contributed by atoms with Crippen LogP contribution in [0.4, 0.5) is 65.9 Å². The molecule has 1 aromatic rings. The lowest BCUT2D eigenvalue weighted by Gasteiger charge is -2.14. The maximum atomic E-state index is 12.6. The molecular formula is C18H3F15O6. The molecule has 0 aromatic heterocycles. The van der Waals surface area contributed by atoms with Crippen molar-refractivity contribution in [1.29, 1.82) is 0 Å². The van der Waals surface area contributed by atoms with Gasteiger partial charge in [-0.3, -0.25) is 0 Å². The lowest BCUT2D eigenvalue weighted by Crippen LogP contribution is -2.22. The molecule has 216 valence electrons. The van der Waals surface area contributed by atoms with Gasteiger partial charge in [0.1, 0.15) is 0 Å². The van der Waals surface area contributed by atoms with Gasteiger partial charge in [0.05, 0.1) is 16.7 Å². The third kappa shape index (κ3) is 8.95. The minimum absolute atomic E-state index is 0.202. The zero-order valence-electron chi connectivity index (χ0n) is 17.4. The highest BCUT2D eigenvalue weighted by molar-refractivity contribution is 6.01. The van der Waals surface area contributed by atoms with Crippen LogP contribution in [-0.4, -0.2) is 36.4 Å². The second kappa shape index (κ2) is 11.7. The van der Waals surface area contributed by atoms with Gasteiger partial charge in [-0.15, -0.1) is 0 Å². The van der Waals surface area contributed by atoms with Crippen LogP contribution in [0.5, 0.6) is 0 Å². The highest BCUT2D eigenvalue weighted by Gasteiger charge is 2.44. The molecule has 0 heterocycles. The maximum Gasteiger partial charge on any atom is 0.455 e. The lowest BCUT2D eigenvalue weighted by atomic mass is 10.1. The Bertz CT molecular complexity index is 1070. The Hall–Kier alpha value is -4.20. The minimum atomic E-state index is -6.09.